The van der Waals surface area contributed by atoms with Crippen molar-refractivity contribution in [2.24, 2.45) is 0 Å². The van der Waals surface area contributed by atoms with Gasteiger partial charge >= 0.3 is 0 Å². The highest BCUT2D eigenvalue weighted by Crippen LogP contribution is 2.19. The predicted molar refractivity (Wildman–Crippen MR) is 63.2 cm³/mol. The van der Waals surface area contributed by atoms with Gasteiger partial charge in [-0.05, 0) is 25.7 Å². The Morgan fingerprint density at radius 2 is 2.11 bits per heavy atom. The van der Waals surface area contributed by atoms with E-state index in [4.69, 9.17) is 0 Å². The van der Waals surface area contributed by atoms with Gasteiger partial charge in [-0.2, -0.15) is 0 Å². The van der Waals surface area contributed by atoms with Gasteiger partial charge in [0.25, 0.3) is 11.6 Å². The molecule has 0 aromatic carbocycles. The van der Waals surface area contributed by atoms with Crippen LogP contribution in [0.4, 0.5) is 5.69 Å². The second-order valence-corrected chi connectivity index (χ2v) is 4.51. The number of hydrogen-bond donors (Lipinski definition) is 3. The number of nitro groups is 1. The number of H-pyrrole nitrogens is 1. The van der Waals surface area contributed by atoms with E-state index in [0.29, 0.717) is 12.8 Å². The molecule has 1 aliphatic rings. The molecule has 3 N–H and O–H groups in total. The maximum absolute atomic E-state index is 11.8. The number of aliphatic hydroxyl groups excluding tert-OH is 1. The summed E-state index contributed by atoms with van der Waals surface area (Å²) in [5.41, 5.74) is 0.0621. The summed E-state index contributed by atoms with van der Waals surface area (Å²) in [5, 5.41) is 22.6. The Kier molecular flexibility index (Phi) is 3.61. The second kappa shape index (κ2) is 5.18. The van der Waals surface area contributed by atoms with Gasteiger partial charge in [-0.25, -0.2) is 0 Å². The summed E-state index contributed by atoms with van der Waals surface area (Å²) in [6.45, 7) is 0. The minimum Gasteiger partial charge on any atom is -0.393 e. The molecule has 0 aliphatic heterocycles. The molecule has 7 heteroatoms. The largest absolute Gasteiger partial charge is 0.393 e. The third-order valence-electron chi connectivity index (χ3n) is 3.16. The van der Waals surface area contributed by atoms with Gasteiger partial charge in [0, 0.05) is 12.1 Å². The van der Waals surface area contributed by atoms with Gasteiger partial charge in [0.05, 0.1) is 17.2 Å². The van der Waals surface area contributed by atoms with Crippen molar-refractivity contribution in [3.63, 3.8) is 0 Å². The number of rotatable bonds is 3. The van der Waals surface area contributed by atoms with Crippen LogP contribution in [-0.4, -0.2) is 33.1 Å². The quantitative estimate of drug-likeness (QED) is 0.550. The number of nitrogens with zero attached hydrogens (tertiary/aromatic N) is 1. The average molecular weight is 253 g/mol. The van der Waals surface area contributed by atoms with Crippen molar-refractivity contribution in [3.05, 3.63) is 28.1 Å². The lowest BCUT2D eigenvalue weighted by Gasteiger charge is -2.25. The maximum Gasteiger partial charge on any atom is 0.287 e. The molecule has 2 rings (SSSR count). The van der Waals surface area contributed by atoms with Crippen LogP contribution >= 0.6 is 0 Å². The molecule has 0 saturated heterocycles. The summed E-state index contributed by atoms with van der Waals surface area (Å²) in [4.78, 5) is 24.3. The molecular weight excluding hydrogens is 238 g/mol. The van der Waals surface area contributed by atoms with Gasteiger partial charge in [-0.3, -0.25) is 14.9 Å². The first kappa shape index (κ1) is 12.6. The molecule has 1 saturated carbocycles. The SMILES string of the molecule is O=C(NC1CCC(O)CC1)c1cc([N+](=O)[O-])c[nH]1. The lowest BCUT2D eigenvalue weighted by molar-refractivity contribution is -0.384. The zero-order chi connectivity index (χ0) is 13.1. The van der Waals surface area contributed by atoms with Gasteiger partial charge < -0.3 is 15.4 Å². The first-order valence-corrected chi connectivity index (χ1v) is 5.88. The first-order chi connectivity index (χ1) is 8.56. The number of carbonyl (C=O) groups excluding carboxylic acids is 1. The summed E-state index contributed by atoms with van der Waals surface area (Å²) < 4.78 is 0. The van der Waals surface area contributed by atoms with Crippen LogP contribution in [0.25, 0.3) is 0 Å². The number of nitrogens with one attached hydrogen (secondary N) is 2. The molecular formula is C11H15N3O4. The summed E-state index contributed by atoms with van der Waals surface area (Å²) in [5.74, 6) is -0.343. The number of amides is 1. The van der Waals surface area contributed by atoms with Crippen LogP contribution in [0.5, 0.6) is 0 Å². The van der Waals surface area contributed by atoms with E-state index >= 15 is 0 Å². The van der Waals surface area contributed by atoms with Gasteiger partial charge in [0.1, 0.15) is 5.69 Å². The van der Waals surface area contributed by atoms with Crippen molar-refractivity contribution >= 4 is 11.6 Å². The van der Waals surface area contributed by atoms with E-state index in [1.807, 2.05) is 0 Å². The van der Waals surface area contributed by atoms with Gasteiger partial charge in [0.15, 0.2) is 0 Å². The minimum atomic E-state index is -0.551. The number of aromatic nitrogens is 1. The zero-order valence-corrected chi connectivity index (χ0v) is 9.76. The standard InChI is InChI=1S/C11H15N3O4/c15-9-3-1-7(2-4-9)13-11(16)10-5-8(6-12-10)14(17)18/h5-7,9,12,15H,1-4H2,(H,13,16). The van der Waals surface area contributed by atoms with Crippen LogP contribution in [0.3, 0.4) is 0 Å². The zero-order valence-electron chi connectivity index (χ0n) is 9.76. The highest BCUT2D eigenvalue weighted by molar-refractivity contribution is 5.93. The second-order valence-electron chi connectivity index (χ2n) is 4.51. The van der Waals surface area contributed by atoms with Gasteiger partial charge in [-0.1, -0.05) is 0 Å². The molecule has 1 heterocycles. The molecule has 18 heavy (non-hydrogen) atoms. The molecule has 0 atom stereocenters. The van der Waals surface area contributed by atoms with E-state index in [9.17, 15) is 20.0 Å². The Morgan fingerprint density at radius 1 is 1.44 bits per heavy atom. The molecule has 0 unspecified atom stereocenters. The Balaban J connectivity index is 1.93. The Hall–Kier alpha value is -1.89. The third kappa shape index (κ3) is 2.86. The number of carbonyl (C=O) groups is 1. The van der Waals surface area contributed by atoms with Gasteiger partial charge in [-0.15, -0.1) is 0 Å². The minimum absolute atomic E-state index is 0.0308. The lowest BCUT2D eigenvalue weighted by atomic mass is 9.93. The fraction of sp³-hybridized carbons (Fsp3) is 0.545. The Labute approximate surface area is 103 Å². The molecule has 0 spiro atoms. The van der Waals surface area contributed by atoms with Crippen molar-refractivity contribution < 1.29 is 14.8 Å². The third-order valence-corrected chi connectivity index (χ3v) is 3.16. The van der Waals surface area contributed by atoms with E-state index in [1.54, 1.807) is 0 Å². The summed E-state index contributed by atoms with van der Waals surface area (Å²) in [6.07, 6.45) is 3.74. The molecule has 0 bridgehead atoms. The van der Waals surface area contributed by atoms with Crippen molar-refractivity contribution in [3.8, 4) is 0 Å². The van der Waals surface area contributed by atoms with E-state index in [0.717, 1.165) is 12.8 Å². The molecule has 1 amide bonds. The van der Waals surface area contributed by atoms with E-state index < -0.39 is 4.92 Å². The topological polar surface area (TPSA) is 108 Å². The fourth-order valence-electron chi connectivity index (χ4n) is 2.10. The predicted octanol–water partition coefficient (Wildman–Crippen LogP) is 0.956. The molecule has 98 valence electrons. The van der Waals surface area contributed by atoms with E-state index in [2.05, 4.69) is 10.3 Å². The van der Waals surface area contributed by atoms with Crippen LogP contribution in [0.1, 0.15) is 36.2 Å². The molecule has 0 radical (unpaired) electrons. The smallest absolute Gasteiger partial charge is 0.287 e. The van der Waals surface area contributed by atoms with Crippen molar-refractivity contribution in [2.75, 3.05) is 0 Å². The van der Waals surface area contributed by atoms with Crippen molar-refractivity contribution in [1.29, 1.82) is 0 Å². The lowest BCUT2D eigenvalue weighted by Crippen LogP contribution is -2.38. The molecule has 1 fully saturated rings. The first-order valence-electron chi connectivity index (χ1n) is 5.88. The Morgan fingerprint density at radius 3 is 2.67 bits per heavy atom. The van der Waals surface area contributed by atoms with Crippen LogP contribution < -0.4 is 5.32 Å². The van der Waals surface area contributed by atoms with E-state index in [-0.39, 0.29) is 29.4 Å². The summed E-state index contributed by atoms with van der Waals surface area (Å²) in [6, 6.07) is 1.25. The van der Waals surface area contributed by atoms with Crippen molar-refractivity contribution in [2.45, 2.75) is 37.8 Å². The van der Waals surface area contributed by atoms with Gasteiger partial charge in [0.2, 0.25) is 0 Å². The number of hydrogen-bond acceptors (Lipinski definition) is 4. The monoisotopic (exact) mass is 253 g/mol. The molecule has 7 nitrogen and oxygen atoms in total. The highest BCUT2D eigenvalue weighted by atomic mass is 16.6. The normalized spacial score (nSPS) is 23.6. The van der Waals surface area contributed by atoms with Crippen molar-refractivity contribution in [1.82, 2.24) is 10.3 Å². The Bertz CT molecular complexity index is 449. The number of aliphatic hydroxyl groups is 1. The summed E-state index contributed by atoms with van der Waals surface area (Å²) >= 11 is 0. The fourth-order valence-corrected chi connectivity index (χ4v) is 2.10. The highest BCUT2D eigenvalue weighted by Gasteiger charge is 2.22. The van der Waals surface area contributed by atoms with Crippen LogP contribution in [0, 0.1) is 10.1 Å². The molecule has 1 aliphatic carbocycles. The molecule has 1 aromatic rings. The van der Waals surface area contributed by atoms with E-state index in [1.165, 1.54) is 12.3 Å². The van der Waals surface area contributed by atoms with Crippen LogP contribution in [0.15, 0.2) is 12.3 Å². The number of aromatic amines is 1. The maximum atomic E-state index is 11.8. The summed E-state index contributed by atoms with van der Waals surface area (Å²) in [7, 11) is 0. The van der Waals surface area contributed by atoms with Crippen LogP contribution in [0.2, 0.25) is 0 Å². The van der Waals surface area contributed by atoms with Crippen LogP contribution in [-0.2, 0) is 0 Å². The average Bonchev–Trinajstić information content (AvgIpc) is 2.81. The molecule has 1 aromatic heterocycles.